The summed E-state index contributed by atoms with van der Waals surface area (Å²) in [4.78, 5) is 17.8. The minimum absolute atomic E-state index is 0.00355. The molecule has 0 aliphatic heterocycles. The molecule has 4 rings (SSSR count). The number of nitrogens with one attached hydrogen (secondary N) is 1. The first-order valence-corrected chi connectivity index (χ1v) is 21.7. The van der Waals surface area contributed by atoms with Crippen molar-refractivity contribution in [3.8, 4) is 28.4 Å². The zero-order valence-corrected chi connectivity index (χ0v) is 27.1. The number of nitrogens with zero attached hydrogens (tertiary/aromatic N) is 2. The summed E-state index contributed by atoms with van der Waals surface area (Å²) in [5.74, 6) is 1.78. The summed E-state index contributed by atoms with van der Waals surface area (Å²) in [6.07, 6.45) is 0.489. The molecule has 2 aromatic carbocycles. The van der Waals surface area contributed by atoms with Crippen LogP contribution in [0.25, 0.3) is 22.6 Å². The van der Waals surface area contributed by atoms with E-state index in [9.17, 15) is 4.79 Å². The number of imidazole rings is 1. The lowest BCUT2D eigenvalue weighted by molar-refractivity contribution is 0.0892. The van der Waals surface area contributed by atoms with Crippen LogP contribution in [-0.2, 0) is 16.2 Å². The van der Waals surface area contributed by atoms with E-state index >= 15 is 0 Å². The third-order valence-electron chi connectivity index (χ3n) is 7.14. The van der Waals surface area contributed by atoms with Gasteiger partial charge in [0.05, 0.1) is 25.1 Å². The number of hydrogen-bond acceptors (Lipinski definition) is 5. The van der Waals surface area contributed by atoms with Crippen molar-refractivity contribution in [2.75, 3.05) is 20.3 Å². The monoisotopic (exact) mass is 579 g/mol. The summed E-state index contributed by atoms with van der Waals surface area (Å²) in [5, 5.41) is 3.08. The quantitative estimate of drug-likeness (QED) is 0.168. The highest BCUT2D eigenvalue weighted by molar-refractivity contribution is 6.76. The Labute approximate surface area is 241 Å². The first-order valence-electron chi connectivity index (χ1n) is 14.3. The molecular formula is C31H45N3O4Si2. The summed E-state index contributed by atoms with van der Waals surface area (Å²) >= 11 is 0. The van der Waals surface area contributed by atoms with Crippen LogP contribution in [0.4, 0.5) is 4.79 Å². The first kappa shape index (κ1) is 30.1. The highest BCUT2D eigenvalue weighted by atomic mass is 28.3. The zero-order chi connectivity index (χ0) is 28.9. The van der Waals surface area contributed by atoms with Crippen LogP contribution in [0.5, 0.6) is 5.75 Å². The Balaban J connectivity index is 1.64. The van der Waals surface area contributed by atoms with Crippen molar-refractivity contribution in [1.82, 2.24) is 14.9 Å². The molecule has 216 valence electrons. The van der Waals surface area contributed by atoms with Gasteiger partial charge in [0, 0.05) is 45.8 Å². The van der Waals surface area contributed by atoms with Crippen LogP contribution < -0.4 is 10.1 Å². The number of benzene rings is 2. The second-order valence-electron chi connectivity index (χ2n) is 13.1. The second kappa shape index (κ2) is 12.7. The molecule has 40 heavy (non-hydrogen) atoms. The maximum absolute atomic E-state index is 12.6. The van der Waals surface area contributed by atoms with Crippen molar-refractivity contribution in [2.45, 2.75) is 76.5 Å². The number of rotatable bonds is 13. The molecule has 9 heteroatoms. The Hall–Kier alpha value is -2.89. The molecule has 0 bridgehead atoms. The predicted octanol–water partition coefficient (Wildman–Crippen LogP) is 7.46. The molecule has 7 nitrogen and oxygen atoms in total. The first-order chi connectivity index (χ1) is 18.9. The average molecular weight is 580 g/mol. The fourth-order valence-electron chi connectivity index (χ4n) is 4.55. The molecule has 2 atom stereocenters. The molecule has 1 saturated carbocycles. The van der Waals surface area contributed by atoms with Crippen LogP contribution in [0.15, 0.2) is 54.6 Å². The van der Waals surface area contributed by atoms with Gasteiger partial charge in [0.1, 0.15) is 18.3 Å². The SMILES string of the molecule is COc1ccc(-c2c(C3CC3NC(=O)OCC[Si](C)(C)C)nc(-c3ccccc3)n2COCC[Si](C)(C)C)cc1. The molecule has 3 aromatic rings. The smallest absolute Gasteiger partial charge is 0.407 e. The number of hydrogen-bond donors (Lipinski definition) is 1. The van der Waals surface area contributed by atoms with Gasteiger partial charge in [0.2, 0.25) is 0 Å². The number of amides is 1. The standard InChI is InChI=1S/C31H45N3O4Si2/c1-36-25-15-13-23(14-16-25)29-28(26-21-27(26)32-31(35)38-18-20-40(5,6)7)33-30(24-11-9-8-10-12-24)34(29)22-37-17-19-39(2,3)4/h8-16,26-27H,17-22H2,1-7H3,(H,32,35). The third-order valence-corrected chi connectivity index (χ3v) is 10.5. The summed E-state index contributed by atoms with van der Waals surface area (Å²) < 4.78 is 19.4. The van der Waals surface area contributed by atoms with Crippen LogP contribution in [-0.4, -0.2) is 58.2 Å². The van der Waals surface area contributed by atoms with Crippen LogP contribution in [0.1, 0.15) is 18.0 Å². The van der Waals surface area contributed by atoms with E-state index in [1.807, 2.05) is 30.3 Å². The molecule has 1 N–H and O–H groups in total. The number of carbonyl (C=O) groups is 1. The molecule has 1 aliphatic rings. The maximum Gasteiger partial charge on any atom is 0.407 e. The third kappa shape index (κ3) is 8.31. The molecule has 1 aliphatic carbocycles. The molecule has 0 radical (unpaired) electrons. The van der Waals surface area contributed by atoms with Gasteiger partial charge in [0.25, 0.3) is 0 Å². The lowest BCUT2D eigenvalue weighted by Crippen LogP contribution is -2.30. The van der Waals surface area contributed by atoms with Gasteiger partial charge < -0.3 is 19.5 Å². The normalized spacial score (nSPS) is 17.0. The lowest BCUT2D eigenvalue weighted by atomic mass is 10.1. The summed E-state index contributed by atoms with van der Waals surface area (Å²) in [6.45, 7) is 15.5. The zero-order valence-electron chi connectivity index (χ0n) is 25.1. The number of aromatic nitrogens is 2. The van der Waals surface area contributed by atoms with Crippen LogP contribution in [0, 0.1) is 0 Å². The fourth-order valence-corrected chi connectivity index (χ4v) is 6.02. The fraction of sp³-hybridized carbons (Fsp3) is 0.484. The van der Waals surface area contributed by atoms with Crippen molar-refractivity contribution in [3.63, 3.8) is 0 Å². The van der Waals surface area contributed by atoms with Gasteiger partial charge in [-0.2, -0.15) is 0 Å². The molecule has 0 spiro atoms. The number of ether oxygens (including phenoxy) is 3. The number of alkyl carbamates (subject to hydrolysis) is 1. The summed E-state index contributed by atoms with van der Waals surface area (Å²) in [5.41, 5.74) is 4.08. The Morgan fingerprint density at radius 2 is 1.57 bits per heavy atom. The van der Waals surface area contributed by atoms with Gasteiger partial charge in [0.15, 0.2) is 0 Å². The van der Waals surface area contributed by atoms with E-state index in [0.29, 0.717) is 13.3 Å². The van der Waals surface area contributed by atoms with Gasteiger partial charge >= 0.3 is 6.09 Å². The van der Waals surface area contributed by atoms with Crippen molar-refractivity contribution >= 4 is 22.2 Å². The molecule has 1 amide bonds. The highest BCUT2D eigenvalue weighted by Gasteiger charge is 2.44. The number of methoxy groups -OCH3 is 1. The van der Waals surface area contributed by atoms with Crippen molar-refractivity contribution in [3.05, 3.63) is 60.3 Å². The maximum atomic E-state index is 12.6. The topological polar surface area (TPSA) is 74.6 Å². The van der Waals surface area contributed by atoms with E-state index < -0.39 is 16.1 Å². The summed E-state index contributed by atoms with van der Waals surface area (Å²) in [6, 6.07) is 20.4. The Morgan fingerprint density at radius 3 is 2.20 bits per heavy atom. The van der Waals surface area contributed by atoms with Crippen LogP contribution in [0.2, 0.25) is 51.4 Å². The Kier molecular flexibility index (Phi) is 9.58. The predicted molar refractivity (Wildman–Crippen MR) is 168 cm³/mol. The van der Waals surface area contributed by atoms with Gasteiger partial charge in [-0.05, 0) is 42.8 Å². The lowest BCUT2D eigenvalue weighted by Gasteiger charge is -2.18. The van der Waals surface area contributed by atoms with Crippen molar-refractivity contribution in [1.29, 1.82) is 0 Å². The van der Waals surface area contributed by atoms with Gasteiger partial charge in [-0.25, -0.2) is 9.78 Å². The molecule has 1 aromatic heterocycles. The van der Waals surface area contributed by atoms with Gasteiger partial charge in [-0.3, -0.25) is 4.57 Å². The minimum atomic E-state index is -1.26. The van der Waals surface area contributed by atoms with E-state index in [1.165, 1.54) is 0 Å². The molecule has 0 saturated heterocycles. The molecular weight excluding hydrogens is 535 g/mol. The van der Waals surface area contributed by atoms with Crippen LogP contribution in [0.3, 0.4) is 0 Å². The van der Waals surface area contributed by atoms with Crippen molar-refractivity contribution < 1.29 is 19.0 Å². The Bertz CT molecular complexity index is 1260. The van der Waals surface area contributed by atoms with E-state index in [4.69, 9.17) is 19.2 Å². The van der Waals surface area contributed by atoms with E-state index in [-0.39, 0.29) is 18.1 Å². The molecule has 1 fully saturated rings. The summed E-state index contributed by atoms with van der Waals surface area (Å²) in [7, 11) is -0.812. The average Bonchev–Trinajstić information content (AvgIpc) is 3.55. The molecule has 1 heterocycles. The van der Waals surface area contributed by atoms with Crippen molar-refractivity contribution in [2.24, 2.45) is 0 Å². The Morgan fingerprint density at radius 1 is 0.925 bits per heavy atom. The van der Waals surface area contributed by atoms with E-state index in [0.717, 1.165) is 59.2 Å². The van der Waals surface area contributed by atoms with E-state index in [1.54, 1.807) is 7.11 Å². The largest absolute Gasteiger partial charge is 0.497 e. The second-order valence-corrected chi connectivity index (χ2v) is 24.3. The van der Waals surface area contributed by atoms with Gasteiger partial charge in [-0.15, -0.1) is 0 Å². The highest BCUT2D eigenvalue weighted by Crippen LogP contribution is 2.46. The molecule has 2 unspecified atom stereocenters. The number of carbonyl (C=O) groups excluding carboxylic acids is 1. The van der Waals surface area contributed by atoms with E-state index in [2.05, 4.69) is 73.4 Å². The van der Waals surface area contributed by atoms with Gasteiger partial charge in [-0.1, -0.05) is 69.6 Å². The van der Waals surface area contributed by atoms with Crippen LogP contribution >= 0.6 is 0 Å². The minimum Gasteiger partial charge on any atom is -0.497 e.